The molecular formula is C14H16N2O3. The van der Waals surface area contributed by atoms with Crippen LogP contribution in [-0.2, 0) is 19.5 Å². The molecule has 0 saturated heterocycles. The topological polar surface area (TPSA) is 75.4 Å². The van der Waals surface area contributed by atoms with E-state index in [0.29, 0.717) is 18.7 Å². The smallest absolute Gasteiger partial charge is 0.372 e. The fourth-order valence-corrected chi connectivity index (χ4v) is 1.93. The van der Waals surface area contributed by atoms with E-state index in [4.69, 9.17) is 9.52 Å². The number of nitrogens with zero attached hydrogens (tertiary/aromatic N) is 1. The average molecular weight is 260 g/mol. The normalized spacial score (nSPS) is 10.6. The van der Waals surface area contributed by atoms with Crippen LogP contribution in [0.3, 0.4) is 0 Å². The van der Waals surface area contributed by atoms with Crippen molar-refractivity contribution in [1.82, 2.24) is 10.3 Å². The SMILES string of the molecule is CCc1cccnc1CNCc1ccoc1C(=O)O. The zero-order valence-electron chi connectivity index (χ0n) is 10.7. The number of furan rings is 1. The maximum absolute atomic E-state index is 10.9. The Labute approximate surface area is 111 Å². The highest BCUT2D eigenvalue weighted by Crippen LogP contribution is 2.11. The molecule has 100 valence electrons. The summed E-state index contributed by atoms with van der Waals surface area (Å²) in [6, 6.07) is 5.63. The Morgan fingerprint density at radius 1 is 1.37 bits per heavy atom. The van der Waals surface area contributed by atoms with Crippen LogP contribution in [0.25, 0.3) is 0 Å². The predicted octanol–water partition coefficient (Wildman–Crippen LogP) is 2.22. The van der Waals surface area contributed by atoms with Gasteiger partial charge in [0.05, 0.1) is 12.0 Å². The summed E-state index contributed by atoms with van der Waals surface area (Å²) in [5.74, 6) is -1.06. The number of hydrogen-bond acceptors (Lipinski definition) is 4. The predicted molar refractivity (Wildman–Crippen MR) is 69.8 cm³/mol. The van der Waals surface area contributed by atoms with E-state index in [9.17, 15) is 4.79 Å². The van der Waals surface area contributed by atoms with Crippen molar-refractivity contribution in [2.75, 3.05) is 0 Å². The quantitative estimate of drug-likeness (QED) is 0.833. The van der Waals surface area contributed by atoms with Crippen molar-refractivity contribution in [2.45, 2.75) is 26.4 Å². The summed E-state index contributed by atoms with van der Waals surface area (Å²) in [4.78, 5) is 15.2. The van der Waals surface area contributed by atoms with E-state index in [-0.39, 0.29) is 5.76 Å². The molecule has 0 aromatic carbocycles. The first kappa shape index (κ1) is 13.3. The summed E-state index contributed by atoms with van der Waals surface area (Å²) >= 11 is 0. The second kappa shape index (κ2) is 6.15. The zero-order valence-corrected chi connectivity index (χ0v) is 10.7. The molecule has 2 rings (SSSR count). The summed E-state index contributed by atoms with van der Waals surface area (Å²) in [6.45, 7) is 3.13. The van der Waals surface area contributed by atoms with E-state index in [2.05, 4.69) is 17.2 Å². The van der Waals surface area contributed by atoms with Gasteiger partial charge in [0.1, 0.15) is 0 Å². The molecular weight excluding hydrogens is 244 g/mol. The number of aryl methyl sites for hydroxylation is 1. The van der Waals surface area contributed by atoms with Crippen LogP contribution in [0, 0.1) is 0 Å². The fourth-order valence-electron chi connectivity index (χ4n) is 1.93. The molecule has 0 fully saturated rings. The van der Waals surface area contributed by atoms with Crippen molar-refractivity contribution in [2.24, 2.45) is 0 Å². The molecule has 2 N–H and O–H groups in total. The Hall–Kier alpha value is -2.14. The summed E-state index contributed by atoms with van der Waals surface area (Å²) < 4.78 is 4.92. The van der Waals surface area contributed by atoms with Crippen molar-refractivity contribution < 1.29 is 14.3 Å². The van der Waals surface area contributed by atoms with Gasteiger partial charge in [-0.2, -0.15) is 0 Å². The molecule has 19 heavy (non-hydrogen) atoms. The molecule has 0 aliphatic carbocycles. The number of carboxylic acids is 1. The summed E-state index contributed by atoms with van der Waals surface area (Å²) in [5.41, 5.74) is 2.83. The van der Waals surface area contributed by atoms with Gasteiger partial charge in [-0.15, -0.1) is 0 Å². The minimum Gasteiger partial charge on any atom is -0.475 e. The van der Waals surface area contributed by atoms with Gasteiger partial charge in [-0.3, -0.25) is 4.98 Å². The van der Waals surface area contributed by atoms with Crippen molar-refractivity contribution in [3.63, 3.8) is 0 Å². The van der Waals surface area contributed by atoms with Crippen LogP contribution in [0.5, 0.6) is 0 Å². The highest BCUT2D eigenvalue weighted by Gasteiger charge is 2.13. The van der Waals surface area contributed by atoms with Crippen LogP contribution in [0.2, 0.25) is 0 Å². The molecule has 0 radical (unpaired) electrons. The third kappa shape index (κ3) is 3.20. The van der Waals surface area contributed by atoms with Crippen LogP contribution in [0.15, 0.2) is 35.1 Å². The Balaban J connectivity index is 1.96. The van der Waals surface area contributed by atoms with Crippen LogP contribution < -0.4 is 5.32 Å². The first-order valence-electron chi connectivity index (χ1n) is 6.15. The molecule has 2 aromatic rings. The molecule has 2 heterocycles. The molecule has 0 bridgehead atoms. The molecule has 0 aliphatic rings. The summed E-state index contributed by atoms with van der Waals surface area (Å²) in [6.07, 6.45) is 4.08. The number of aromatic nitrogens is 1. The van der Waals surface area contributed by atoms with Gasteiger partial charge in [-0.25, -0.2) is 4.79 Å². The highest BCUT2D eigenvalue weighted by atomic mass is 16.4. The minimum absolute atomic E-state index is 0.00997. The number of aromatic carboxylic acids is 1. The van der Waals surface area contributed by atoms with Crippen LogP contribution in [0.1, 0.15) is 34.3 Å². The molecule has 0 atom stereocenters. The van der Waals surface area contributed by atoms with Crippen molar-refractivity contribution >= 4 is 5.97 Å². The van der Waals surface area contributed by atoms with Gasteiger partial charge in [0.25, 0.3) is 0 Å². The van der Waals surface area contributed by atoms with E-state index >= 15 is 0 Å². The van der Waals surface area contributed by atoms with Gasteiger partial charge in [-0.05, 0) is 24.1 Å². The van der Waals surface area contributed by atoms with Gasteiger partial charge in [0, 0.05) is 24.8 Å². The molecule has 5 nitrogen and oxygen atoms in total. The van der Waals surface area contributed by atoms with E-state index in [0.717, 1.165) is 12.1 Å². The molecule has 0 unspecified atom stereocenters. The highest BCUT2D eigenvalue weighted by molar-refractivity contribution is 5.86. The number of carboxylic acid groups (broad SMARTS) is 1. The maximum Gasteiger partial charge on any atom is 0.372 e. The van der Waals surface area contributed by atoms with Gasteiger partial charge < -0.3 is 14.8 Å². The summed E-state index contributed by atoms with van der Waals surface area (Å²) in [7, 11) is 0. The third-order valence-corrected chi connectivity index (χ3v) is 2.91. The first-order valence-corrected chi connectivity index (χ1v) is 6.15. The van der Waals surface area contributed by atoms with Crippen molar-refractivity contribution in [3.05, 3.63) is 53.2 Å². The maximum atomic E-state index is 10.9. The standard InChI is InChI=1S/C14H16N2O3/c1-2-10-4-3-6-16-12(10)9-15-8-11-5-7-19-13(11)14(17)18/h3-7,15H,2,8-9H2,1H3,(H,17,18). The average Bonchev–Trinajstić information content (AvgIpc) is 2.88. The molecule has 0 spiro atoms. The minimum atomic E-state index is -1.05. The molecule has 0 aliphatic heterocycles. The number of pyridine rings is 1. The van der Waals surface area contributed by atoms with Gasteiger partial charge in [-0.1, -0.05) is 13.0 Å². The molecule has 0 saturated carbocycles. The van der Waals surface area contributed by atoms with E-state index < -0.39 is 5.97 Å². The monoisotopic (exact) mass is 260 g/mol. The van der Waals surface area contributed by atoms with E-state index in [1.807, 2.05) is 12.1 Å². The molecule has 0 amide bonds. The Morgan fingerprint density at radius 3 is 2.95 bits per heavy atom. The first-order chi connectivity index (χ1) is 9.22. The molecule has 2 aromatic heterocycles. The number of rotatable bonds is 6. The Morgan fingerprint density at radius 2 is 2.21 bits per heavy atom. The second-order valence-electron chi connectivity index (χ2n) is 4.15. The lowest BCUT2D eigenvalue weighted by Crippen LogP contribution is -2.16. The van der Waals surface area contributed by atoms with E-state index in [1.54, 1.807) is 12.3 Å². The lowest BCUT2D eigenvalue weighted by Gasteiger charge is -2.07. The lowest BCUT2D eigenvalue weighted by atomic mass is 10.1. The number of carbonyl (C=O) groups is 1. The van der Waals surface area contributed by atoms with Crippen LogP contribution >= 0.6 is 0 Å². The van der Waals surface area contributed by atoms with Gasteiger partial charge in [0.15, 0.2) is 0 Å². The van der Waals surface area contributed by atoms with Crippen molar-refractivity contribution in [1.29, 1.82) is 0 Å². The zero-order chi connectivity index (χ0) is 13.7. The van der Waals surface area contributed by atoms with Gasteiger partial charge in [0.2, 0.25) is 5.76 Å². The van der Waals surface area contributed by atoms with Gasteiger partial charge >= 0.3 is 5.97 Å². The fraction of sp³-hybridized carbons (Fsp3) is 0.286. The van der Waals surface area contributed by atoms with Crippen molar-refractivity contribution in [3.8, 4) is 0 Å². The number of hydrogen-bond donors (Lipinski definition) is 2. The van der Waals surface area contributed by atoms with E-state index in [1.165, 1.54) is 11.8 Å². The third-order valence-electron chi connectivity index (χ3n) is 2.91. The van der Waals surface area contributed by atoms with Crippen LogP contribution in [0.4, 0.5) is 0 Å². The second-order valence-corrected chi connectivity index (χ2v) is 4.15. The Bertz CT molecular complexity index is 563. The van der Waals surface area contributed by atoms with Crippen LogP contribution in [-0.4, -0.2) is 16.1 Å². The lowest BCUT2D eigenvalue weighted by molar-refractivity contribution is 0.0660. The molecule has 5 heteroatoms. The number of nitrogens with one attached hydrogen (secondary N) is 1. The Kier molecular flexibility index (Phi) is 4.30. The summed E-state index contributed by atoms with van der Waals surface area (Å²) in [5, 5.41) is 12.1. The largest absolute Gasteiger partial charge is 0.475 e.